The van der Waals surface area contributed by atoms with Crippen molar-refractivity contribution in [2.75, 3.05) is 7.11 Å². The van der Waals surface area contributed by atoms with Crippen molar-refractivity contribution in [3.05, 3.63) is 52.7 Å². The number of hydrogen-bond acceptors (Lipinski definition) is 4. The third kappa shape index (κ3) is 2.28. The van der Waals surface area contributed by atoms with Gasteiger partial charge < -0.3 is 9.64 Å². The Hall–Kier alpha value is -1.68. The van der Waals surface area contributed by atoms with E-state index in [0.29, 0.717) is 0 Å². The van der Waals surface area contributed by atoms with Gasteiger partial charge in [0.15, 0.2) is 5.17 Å². The molecule has 1 aromatic carbocycles. The lowest BCUT2D eigenvalue weighted by atomic mass is 10.0. The van der Waals surface area contributed by atoms with Crippen molar-refractivity contribution in [3.8, 4) is 5.75 Å². The van der Waals surface area contributed by atoms with Crippen LogP contribution in [0.15, 0.2) is 52.1 Å². The Morgan fingerprint density at radius 3 is 2.63 bits per heavy atom. The van der Waals surface area contributed by atoms with E-state index in [9.17, 15) is 0 Å². The Balaban J connectivity index is 1.96. The number of benzene rings is 1. The molecule has 2 aliphatic heterocycles. The lowest BCUT2D eigenvalue weighted by Crippen LogP contribution is -2.27. The first-order valence-corrected chi connectivity index (χ1v) is 7.05. The summed E-state index contributed by atoms with van der Waals surface area (Å²) >= 11 is 1.73. The molecule has 98 valence electrons. The summed E-state index contributed by atoms with van der Waals surface area (Å²) in [5.41, 5.74) is 2.32. The summed E-state index contributed by atoms with van der Waals surface area (Å²) in [6.45, 7) is 4.17. The van der Waals surface area contributed by atoms with E-state index in [0.717, 1.165) is 16.6 Å². The van der Waals surface area contributed by atoms with Crippen molar-refractivity contribution < 1.29 is 4.74 Å². The summed E-state index contributed by atoms with van der Waals surface area (Å²) in [6.07, 6.45) is 4.36. The van der Waals surface area contributed by atoms with Crippen LogP contribution in [0.2, 0.25) is 0 Å². The van der Waals surface area contributed by atoms with Crippen LogP contribution in [-0.2, 0) is 0 Å². The molecule has 19 heavy (non-hydrogen) atoms. The molecular formula is C15H16N2OS. The van der Waals surface area contributed by atoms with Crippen molar-refractivity contribution in [2.45, 2.75) is 19.9 Å². The Kier molecular flexibility index (Phi) is 3.11. The number of thioether (sulfide) groups is 1. The highest BCUT2D eigenvalue weighted by Gasteiger charge is 2.29. The van der Waals surface area contributed by atoms with Gasteiger partial charge in [-0.05, 0) is 37.6 Å². The molecule has 3 rings (SSSR count). The van der Waals surface area contributed by atoms with Gasteiger partial charge in [-0.2, -0.15) is 0 Å². The second-order valence-electron chi connectivity index (χ2n) is 4.67. The smallest absolute Gasteiger partial charge is 0.173 e. The lowest BCUT2D eigenvalue weighted by molar-refractivity contribution is 0.414. The average Bonchev–Trinajstić information content (AvgIpc) is 2.78. The van der Waals surface area contributed by atoms with Gasteiger partial charge in [-0.1, -0.05) is 23.9 Å². The zero-order chi connectivity index (χ0) is 13.4. The van der Waals surface area contributed by atoms with Gasteiger partial charge in [-0.15, -0.1) is 0 Å². The summed E-state index contributed by atoms with van der Waals surface area (Å²) in [7, 11) is 1.69. The molecular weight excluding hydrogens is 256 g/mol. The van der Waals surface area contributed by atoms with Gasteiger partial charge in [0.2, 0.25) is 0 Å². The number of nitrogens with zero attached hydrogens (tertiary/aromatic N) is 2. The maximum absolute atomic E-state index is 5.21. The molecule has 3 nitrogen and oxygen atoms in total. The van der Waals surface area contributed by atoms with Crippen molar-refractivity contribution in [1.29, 1.82) is 0 Å². The van der Waals surface area contributed by atoms with E-state index in [1.54, 1.807) is 18.9 Å². The van der Waals surface area contributed by atoms with Crippen molar-refractivity contribution in [1.82, 2.24) is 4.90 Å². The minimum absolute atomic E-state index is 0.225. The van der Waals surface area contributed by atoms with Gasteiger partial charge >= 0.3 is 0 Å². The number of hydrogen-bond donors (Lipinski definition) is 0. The molecule has 2 heterocycles. The number of allylic oxidation sites excluding steroid dienone is 2. The SMILES string of the molecule is COc1ccc(C2C=C(C)N=C3SC(C)=CN32)cc1. The van der Waals surface area contributed by atoms with Crippen LogP contribution in [0.25, 0.3) is 0 Å². The van der Waals surface area contributed by atoms with Gasteiger partial charge in [0.1, 0.15) is 5.75 Å². The number of amidine groups is 1. The molecule has 1 unspecified atom stereocenters. The van der Waals surface area contributed by atoms with Crippen LogP contribution in [0.1, 0.15) is 25.5 Å². The van der Waals surface area contributed by atoms with E-state index < -0.39 is 0 Å². The number of methoxy groups -OCH3 is 1. The second kappa shape index (κ2) is 4.78. The predicted molar refractivity (Wildman–Crippen MR) is 80.1 cm³/mol. The van der Waals surface area contributed by atoms with E-state index in [1.807, 2.05) is 12.1 Å². The zero-order valence-electron chi connectivity index (χ0n) is 11.3. The summed E-state index contributed by atoms with van der Waals surface area (Å²) < 4.78 is 5.21. The molecule has 4 heteroatoms. The lowest BCUT2D eigenvalue weighted by Gasteiger charge is -2.29. The highest BCUT2D eigenvalue weighted by molar-refractivity contribution is 8.17. The number of fused-ring (bicyclic) bond motifs is 1. The molecule has 0 fully saturated rings. The maximum Gasteiger partial charge on any atom is 0.173 e. The monoisotopic (exact) mass is 272 g/mol. The quantitative estimate of drug-likeness (QED) is 0.815. The Bertz CT molecular complexity index is 587. The molecule has 0 amide bonds. The molecule has 0 N–H and O–H groups in total. The summed E-state index contributed by atoms with van der Waals surface area (Å²) in [5, 5.41) is 1.07. The fourth-order valence-electron chi connectivity index (χ4n) is 2.31. The molecule has 0 saturated carbocycles. The van der Waals surface area contributed by atoms with Crippen LogP contribution in [0.5, 0.6) is 5.75 Å². The fraction of sp³-hybridized carbons (Fsp3) is 0.267. The molecule has 2 aliphatic rings. The molecule has 0 bridgehead atoms. The second-order valence-corrected chi connectivity index (χ2v) is 5.88. The van der Waals surface area contributed by atoms with Gasteiger partial charge in [0.25, 0.3) is 0 Å². The molecule has 1 atom stereocenters. The molecule has 0 spiro atoms. The first-order chi connectivity index (χ1) is 9.17. The van der Waals surface area contributed by atoms with E-state index in [1.165, 1.54) is 10.5 Å². The van der Waals surface area contributed by atoms with E-state index in [2.05, 4.69) is 48.1 Å². The van der Waals surface area contributed by atoms with Gasteiger partial charge in [-0.3, -0.25) is 0 Å². The molecule has 0 radical (unpaired) electrons. The fourth-order valence-corrected chi connectivity index (χ4v) is 3.22. The summed E-state index contributed by atoms with van der Waals surface area (Å²) in [4.78, 5) is 8.10. The Morgan fingerprint density at radius 2 is 1.95 bits per heavy atom. The van der Waals surface area contributed by atoms with E-state index in [-0.39, 0.29) is 6.04 Å². The van der Waals surface area contributed by atoms with E-state index in [4.69, 9.17) is 4.74 Å². The third-order valence-electron chi connectivity index (χ3n) is 3.22. The van der Waals surface area contributed by atoms with Gasteiger partial charge in [-0.25, -0.2) is 4.99 Å². The Morgan fingerprint density at radius 1 is 1.21 bits per heavy atom. The van der Waals surface area contributed by atoms with Crippen molar-refractivity contribution in [3.63, 3.8) is 0 Å². The van der Waals surface area contributed by atoms with Gasteiger partial charge in [0.05, 0.1) is 13.2 Å². The van der Waals surface area contributed by atoms with Crippen LogP contribution in [0, 0.1) is 0 Å². The number of aliphatic imine (C=N–C) groups is 1. The topological polar surface area (TPSA) is 24.8 Å². The zero-order valence-corrected chi connectivity index (χ0v) is 12.1. The Labute approximate surface area is 117 Å². The number of ether oxygens (including phenoxy) is 1. The average molecular weight is 272 g/mol. The van der Waals surface area contributed by atoms with E-state index >= 15 is 0 Å². The minimum atomic E-state index is 0.225. The number of rotatable bonds is 2. The van der Waals surface area contributed by atoms with Crippen LogP contribution < -0.4 is 4.74 Å². The minimum Gasteiger partial charge on any atom is -0.497 e. The van der Waals surface area contributed by atoms with Crippen LogP contribution >= 0.6 is 11.8 Å². The summed E-state index contributed by atoms with van der Waals surface area (Å²) in [6, 6.07) is 8.46. The summed E-state index contributed by atoms with van der Waals surface area (Å²) in [5.74, 6) is 0.886. The van der Waals surface area contributed by atoms with Crippen LogP contribution in [-0.4, -0.2) is 17.2 Å². The van der Waals surface area contributed by atoms with Crippen molar-refractivity contribution in [2.24, 2.45) is 4.99 Å². The van der Waals surface area contributed by atoms with Crippen LogP contribution in [0.4, 0.5) is 0 Å². The molecule has 0 aliphatic carbocycles. The van der Waals surface area contributed by atoms with Crippen molar-refractivity contribution >= 4 is 16.9 Å². The highest BCUT2D eigenvalue weighted by Crippen LogP contribution is 2.39. The molecule has 0 aromatic heterocycles. The first kappa shape index (κ1) is 12.4. The first-order valence-electron chi connectivity index (χ1n) is 6.23. The molecule has 1 aromatic rings. The largest absolute Gasteiger partial charge is 0.497 e. The molecule has 0 saturated heterocycles. The third-order valence-corrected chi connectivity index (χ3v) is 4.13. The normalized spacial score (nSPS) is 21.5. The van der Waals surface area contributed by atoms with Gasteiger partial charge in [0, 0.05) is 16.8 Å². The maximum atomic E-state index is 5.21. The standard InChI is InChI=1S/C15H16N2OS/c1-10-8-14(12-4-6-13(18-3)7-5-12)17-9-11(2)19-15(17)16-10/h4-9,14H,1-3H3. The van der Waals surface area contributed by atoms with Crippen LogP contribution in [0.3, 0.4) is 0 Å². The highest BCUT2D eigenvalue weighted by atomic mass is 32.2. The predicted octanol–water partition coefficient (Wildman–Crippen LogP) is 3.92.